The summed E-state index contributed by atoms with van der Waals surface area (Å²) in [7, 11) is 0. The van der Waals surface area contributed by atoms with Crippen molar-refractivity contribution in [2.45, 2.75) is 19.9 Å². The van der Waals surface area contributed by atoms with E-state index in [1.807, 2.05) is 55.5 Å². The van der Waals surface area contributed by atoms with Crippen LogP contribution >= 0.6 is 0 Å². The molecule has 2 amide bonds. The molecule has 0 atom stereocenters. The molecule has 0 saturated heterocycles. The van der Waals surface area contributed by atoms with E-state index in [-0.39, 0.29) is 11.8 Å². The van der Waals surface area contributed by atoms with Crippen molar-refractivity contribution in [2.75, 3.05) is 11.9 Å². The maximum Gasteiger partial charge on any atom is 0.254 e. The molecule has 0 spiro atoms. The molecule has 0 saturated carbocycles. The summed E-state index contributed by atoms with van der Waals surface area (Å²) in [6.07, 6.45) is 0.299. The van der Waals surface area contributed by atoms with E-state index in [0.29, 0.717) is 19.5 Å². The Bertz CT molecular complexity index is 710. The number of para-hydroxylation sites is 1. The van der Waals surface area contributed by atoms with Gasteiger partial charge in [0.15, 0.2) is 0 Å². The average Bonchev–Trinajstić information content (AvgIpc) is 2.82. The van der Waals surface area contributed by atoms with Crippen LogP contribution in [0.1, 0.15) is 27.9 Å². The second-order valence-corrected chi connectivity index (χ2v) is 5.55. The van der Waals surface area contributed by atoms with Crippen LogP contribution in [0.5, 0.6) is 0 Å². The molecule has 0 bridgehead atoms. The van der Waals surface area contributed by atoms with E-state index >= 15 is 0 Å². The molecular formula is C18H18N2O2. The standard InChI is InChI=1S/C18H18N2O2/c1-13-7-8-14-12-20(18(22)16(14)11-13)10-9-17(21)19-15-5-3-2-4-6-15/h2-8,11H,9-10,12H2,1H3,(H,19,21). The fraction of sp³-hybridized carbons (Fsp3) is 0.222. The lowest BCUT2D eigenvalue weighted by Crippen LogP contribution is -2.28. The van der Waals surface area contributed by atoms with E-state index in [0.717, 1.165) is 22.4 Å². The molecule has 0 unspecified atom stereocenters. The summed E-state index contributed by atoms with van der Waals surface area (Å²) >= 11 is 0. The fourth-order valence-electron chi connectivity index (χ4n) is 2.64. The Morgan fingerprint density at radius 3 is 2.73 bits per heavy atom. The summed E-state index contributed by atoms with van der Waals surface area (Å²) in [6, 6.07) is 15.3. The Hall–Kier alpha value is -2.62. The molecule has 0 radical (unpaired) electrons. The van der Waals surface area contributed by atoms with E-state index in [9.17, 15) is 9.59 Å². The second kappa shape index (κ2) is 6.02. The van der Waals surface area contributed by atoms with Crippen molar-refractivity contribution in [2.24, 2.45) is 0 Å². The molecule has 1 heterocycles. The molecule has 0 fully saturated rings. The molecule has 112 valence electrons. The third-order valence-corrected chi connectivity index (χ3v) is 3.81. The van der Waals surface area contributed by atoms with Crippen LogP contribution in [0.3, 0.4) is 0 Å². The topological polar surface area (TPSA) is 49.4 Å². The van der Waals surface area contributed by atoms with Crippen LogP contribution < -0.4 is 5.32 Å². The maximum absolute atomic E-state index is 12.3. The van der Waals surface area contributed by atoms with Gasteiger partial charge >= 0.3 is 0 Å². The largest absolute Gasteiger partial charge is 0.334 e. The van der Waals surface area contributed by atoms with Gasteiger partial charge in [0.2, 0.25) is 5.91 Å². The van der Waals surface area contributed by atoms with Gasteiger partial charge in [0.05, 0.1) is 0 Å². The van der Waals surface area contributed by atoms with E-state index in [1.54, 1.807) is 4.90 Å². The number of rotatable bonds is 4. The normalized spacial score (nSPS) is 13.1. The SMILES string of the molecule is Cc1ccc2c(c1)C(=O)N(CCC(=O)Nc1ccccc1)C2. The van der Waals surface area contributed by atoms with Crippen LogP contribution in [0.4, 0.5) is 5.69 Å². The number of hydrogen-bond donors (Lipinski definition) is 1. The number of carbonyl (C=O) groups excluding carboxylic acids is 2. The Morgan fingerprint density at radius 2 is 1.95 bits per heavy atom. The predicted molar refractivity (Wildman–Crippen MR) is 85.6 cm³/mol. The van der Waals surface area contributed by atoms with Crippen molar-refractivity contribution >= 4 is 17.5 Å². The molecule has 1 N–H and O–H groups in total. The molecule has 0 aliphatic carbocycles. The first-order valence-electron chi connectivity index (χ1n) is 7.37. The number of fused-ring (bicyclic) bond motifs is 1. The van der Waals surface area contributed by atoms with Crippen LogP contribution in [0, 0.1) is 6.92 Å². The van der Waals surface area contributed by atoms with Gasteiger partial charge in [-0.1, -0.05) is 35.9 Å². The summed E-state index contributed by atoms with van der Waals surface area (Å²) < 4.78 is 0. The Morgan fingerprint density at radius 1 is 1.18 bits per heavy atom. The molecule has 1 aliphatic rings. The summed E-state index contributed by atoms with van der Waals surface area (Å²) in [5.74, 6) is -0.0580. The maximum atomic E-state index is 12.3. The van der Waals surface area contributed by atoms with Crippen molar-refractivity contribution in [3.63, 3.8) is 0 Å². The van der Waals surface area contributed by atoms with Crippen molar-refractivity contribution in [1.29, 1.82) is 0 Å². The molecule has 0 aromatic heterocycles. The van der Waals surface area contributed by atoms with Gasteiger partial charge in [0, 0.05) is 30.8 Å². The number of carbonyl (C=O) groups is 2. The van der Waals surface area contributed by atoms with Crippen LogP contribution in [-0.2, 0) is 11.3 Å². The molecular weight excluding hydrogens is 276 g/mol. The highest BCUT2D eigenvalue weighted by molar-refractivity contribution is 5.99. The van der Waals surface area contributed by atoms with E-state index < -0.39 is 0 Å². The van der Waals surface area contributed by atoms with Crippen molar-refractivity contribution in [3.8, 4) is 0 Å². The van der Waals surface area contributed by atoms with Gasteiger partial charge in [-0.15, -0.1) is 0 Å². The van der Waals surface area contributed by atoms with Gasteiger partial charge < -0.3 is 10.2 Å². The lowest BCUT2D eigenvalue weighted by molar-refractivity contribution is -0.116. The van der Waals surface area contributed by atoms with Gasteiger partial charge in [-0.3, -0.25) is 9.59 Å². The molecule has 2 aromatic rings. The minimum Gasteiger partial charge on any atom is -0.334 e. The lowest BCUT2D eigenvalue weighted by Gasteiger charge is -2.15. The van der Waals surface area contributed by atoms with Gasteiger partial charge in [0.25, 0.3) is 5.91 Å². The smallest absolute Gasteiger partial charge is 0.254 e. The molecule has 1 aliphatic heterocycles. The first kappa shape index (κ1) is 14.3. The van der Waals surface area contributed by atoms with Crippen LogP contribution in [-0.4, -0.2) is 23.3 Å². The second-order valence-electron chi connectivity index (χ2n) is 5.55. The number of nitrogens with zero attached hydrogens (tertiary/aromatic N) is 1. The summed E-state index contributed by atoms with van der Waals surface area (Å²) in [6.45, 7) is 3.00. The van der Waals surface area contributed by atoms with Crippen molar-refractivity contribution < 1.29 is 9.59 Å². The number of hydrogen-bond acceptors (Lipinski definition) is 2. The van der Waals surface area contributed by atoms with Gasteiger partial charge in [-0.2, -0.15) is 0 Å². The zero-order valence-electron chi connectivity index (χ0n) is 12.5. The van der Waals surface area contributed by atoms with Crippen LogP contribution in [0.2, 0.25) is 0 Å². The van der Waals surface area contributed by atoms with Crippen LogP contribution in [0.25, 0.3) is 0 Å². The highest BCUT2D eigenvalue weighted by atomic mass is 16.2. The zero-order chi connectivity index (χ0) is 15.5. The zero-order valence-corrected chi connectivity index (χ0v) is 12.5. The monoisotopic (exact) mass is 294 g/mol. The number of anilines is 1. The van der Waals surface area contributed by atoms with Crippen molar-refractivity contribution in [3.05, 3.63) is 65.2 Å². The number of aryl methyl sites for hydroxylation is 1. The number of nitrogens with one attached hydrogen (secondary N) is 1. The number of amides is 2. The Labute approximate surface area is 129 Å². The third kappa shape index (κ3) is 3.01. The van der Waals surface area contributed by atoms with Crippen LogP contribution in [0.15, 0.2) is 48.5 Å². The van der Waals surface area contributed by atoms with E-state index in [4.69, 9.17) is 0 Å². The lowest BCUT2D eigenvalue weighted by atomic mass is 10.1. The van der Waals surface area contributed by atoms with E-state index in [1.165, 1.54) is 0 Å². The quantitative estimate of drug-likeness (QED) is 0.942. The fourth-order valence-corrected chi connectivity index (χ4v) is 2.64. The average molecular weight is 294 g/mol. The first-order chi connectivity index (χ1) is 10.6. The summed E-state index contributed by atoms with van der Waals surface area (Å²) in [4.78, 5) is 26.0. The predicted octanol–water partition coefficient (Wildman–Crippen LogP) is 2.98. The third-order valence-electron chi connectivity index (χ3n) is 3.81. The highest BCUT2D eigenvalue weighted by Crippen LogP contribution is 2.23. The molecule has 22 heavy (non-hydrogen) atoms. The van der Waals surface area contributed by atoms with E-state index in [2.05, 4.69) is 5.32 Å². The van der Waals surface area contributed by atoms with Gasteiger partial charge in [-0.25, -0.2) is 0 Å². The van der Waals surface area contributed by atoms with Gasteiger partial charge in [-0.05, 0) is 30.7 Å². The van der Waals surface area contributed by atoms with Crippen molar-refractivity contribution in [1.82, 2.24) is 4.90 Å². The number of benzene rings is 2. The summed E-state index contributed by atoms with van der Waals surface area (Å²) in [5.41, 5.74) is 3.66. The molecule has 4 heteroatoms. The molecule has 3 rings (SSSR count). The first-order valence-corrected chi connectivity index (χ1v) is 7.37. The molecule has 2 aromatic carbocycles. The Kier molecular flexibility index (Phi) is 3.92. The Balaban J connectivity index is 1.57. The minimum atomic E-state index is -0.0777. The highest BCUT2D eigenvalue weighted by Gasteiger charge is 2.27. The molecule has 4 nitrogen and oxygen atoms in total. The van der Waals surface area contributed by atoms with Gasteiger partial charge in [0.1, 0.15) is 0 Å². The summed E-state index contributed by atoms with van der Waals surface area (Å²) in [5, 5.41) is 2.83. The minimum absolute atomic E-state index is 0.0196.